The lowest BCUT2D eigenvalue weighted by Gasteiger charge is -1.98. The summed E-state index contributed by atoms with van der Waals surface area (Å²) in [5, 5.41) is 3.30. The molecule has 1 heterocycles. The molecule has 1 N–H and O–H groups in total. The highest BCUT2D eigenvalue weighted by molar-refractivity contribution is 7.11. The summed E-state index contributed by atoms with van der Waals surface area (Å²) in [7, 11) is 0. The van der Waals surface area contributed by atoms with Gasteiger partial charge in [0.2, 0.25) is 0 Å². The maximum absolute atomic E-state index is 5.36. The van der Waals surface area contributed by atoms with E-state index in [9.17, 15) is 0 Å². The number of nitrogens with one attached hydrogen (secondary N) is 1. The van der Waals surface area contributed by atoms with E-state index in [1.54, 1.807) is 17.4 Å². The Labute approximate surface area is 89.6 Å². The van der Waals surface area contributed by atoms with E-state index < -0.39 is 0 Å². The maximum Gasteiger partial charge on any atom is 0.0813 e. The first kappa shape index (κ1) is 11.4. The van der Waals surface area contributed by atoms with Crippen molar-refractivity contribution in [2.45, 2.75) is 20.1 Å². The lowest BCUT2D eigenvalue weighted by atomic mass is 10.4. The molecule has 0 saturated carbocycles. The zero-order valence-electron chi connectivity index (χ0n) is 8.58. The average Bonchev–Trinajstić information content (AvgIpc) is 2.63. The Bertz CT molecular complexity index is 270. The first-order valence-corrected chi connectivity index (χ1v) is 5.65. The Morgan fingerprint density at radius 3 is 3.00 bits per heavy atom. The highest BCUT2D eigenvalue weighted by atomic mass is 32.1. The Morgan fingerprint density at radius 2 is 2.29 bits per heavy atom. The van der Waals surface area contributed by atoms with Crippen molar-refractivity contribution in [3.05, 3.63) is 34.5 Å². The van der Waals surface area contributed by atoms with Gasteiger partial charge in [0.1, 0.15) is 0 Å². The molecule has 3 heteroatoms. The molecule has 0 bridgehead atoms. The molecule has 0 aliphatic heterocycles. The van der Waals surface area contributed by atoms with Crippen LogP contribution in [-0.4, -0.2) is 13.2 Å². The molecular weight excluding hydrogens is 194 g/mol. The number of thiophene rings is 1. The Kier molecular flexibility index (Phi) is 5.52. The molecule has 0 radical (unpaired) electrons. The molecule has 0 spiro atoms. The van der Waals surface area contributed by atoms with Gasteiger partial charge >= 0.3 is 0 Å². The highest BCUT2D eigenvalue weighted by Crippen LogP contribution is 2.16. The molecule has 0 aliphatic rings. The molecule has 1 aromatic rings. The third-order valence-electron chi connectivity index (χ3n) is 1.75. The van der Waals surface area contributed by atoms with E-state index in [4.69, 9.17) is 4.74 Å². The summed E-state index contributed by atoms with van der Waals surface area (Å²) < 4.78 is 5.36. The monoisotopic (exact) mass is 211 g/mol. The summed E-state index contributed by atoms with van der Waals surface area (Å²) in [6.07, 6.45) is 1.77. The summed E-state index contributed by atoms with van der Waals surface area (Å²) in [4.78, 5) is 2.64. The van der Waals surface area contributed by atoms with Gasteiger partial charge in [-0.1, -0.05) is 13.0 Å². The summed E-state index contributed by atoms with van der Waals surface area (Å²) in [6, 6.07) is 4.28. The van der Waals surface area contributed by atoms with Crippen LogP contribution in [0.4, 0.5) is 0 Å². The van der Waals surface area contributed by atoms with E-state index in [0.29, 0.717) is 13.2 Å². The van der Waals surface area contributed by atoms with Gasteiger partial charge in [0, 0.05) is 16.3 Å². The van der Waals surface area contributed by atoms with Crippen molar-refractivity contribution in [1.82, 2.24) is 5.32 Å². The predicted molar refractivity (Wildman–Crippen MR) is 61.6 cm³/mol. The quantitative estimate of drug-likeness (QED) is 0.553. The van der Waals surface area contributed by atoms with Crippen molar-refractivity contribution in [3.8, 4) is 0 Å². The van der Waals surface area contributed by atoms with Crippen molar-refractivity contribution < 1.29 is 4.74 Å². The molecule has 1 aromatic heterocycles. The van der Waals surface area contributed by atoms with Crippen LogP contribution in [0.2, 0.25) is 0 Å². The Hall–Kier alpha value is -0.640. The SMILES string of the molecule is C=CCOCc1ccc(CNCC)s1. The van der Waals surface area contributed by atoms with E-state index >= 15 is 0 Å². The van der Waals surface area contributed by atoms with Gasteiger partial charge in [0.15, 0.2) is 0 Å². The van der Waals surface area contributed by atoms with Gasteiger partial charge in [-0.05, 0) is 18.7 Å². The van der Waals surface area contributed by atoms with Crippen LogP contribution in [0.15, 0.2) is 24.8 Å². The van der Waals surface area contributed by atoms with Crippen LogP contribution in [0.3, 0.4) is 0 Å². The molecule has 0 fully saturated rings. The topological polar surface area (TPSA) is 21.3 Å². The Balaban J connectivity index is 2.31. The van der Waals surface area contributed by atoms with Crippen LogP contribution in [0.5, 0.6) is 0 Å². The zero-order valence-corrected chi connectivity index (χ0v) is 9.40. The normalized spacial score (nSPS) is 10.4. The lowest BCUT2D eigenvalue weighted by molar-refractivity contribution is 0.151. The van der Waals surface area contributed by atoms with Crippen LogP contribution in [0.1, 0.15) is 16.7 Å². The van der Waals surface area contributed by atoms with E-state index in [0.717, 1.165) is 13.1 Å². The molecule has 1 rings (SSSR count). The first-order valence-electron chi connectivity index (χ1n) is 4.83. The molecule has 0 amide bonds. The van der Waals surface area contributed by atoms with Gasteiger partial charge < -0.3 is 10.1 Å². The molecule has 0 unspecified atom stereocenters. The standard InChI is InChI=1S/C11H17NOS/c1-3-7-13-9-11-6-5-10(14-11)8-12-4-2/h3,5-6,12H,1,4,7-9H2,2H3. The van der Waals surface area contributed by atoms with Gasteiger partial charge in [-0.25, -0.2) is 0 Å². The van der Waals surface area contributed by atoms with Gasteiger partial charge in [0.25, 0.3) is 0 Å². The van der Waals surface area contributed by atoms with Crippen molar-refractivity contribution in [2.24, 2.45) is 0 Å². The molecule has 14 heavy (non-hydrogen) atoms. The Morgan fingerprint density at radius 1 is 1.50 bits per heavy atom. The molecular formula is C11H17NOS. The van der Waals surface area contributed by atoms with Crippen LogP contribution in [0, 0.1) is 0 Å². The summed E-state index contributed by atoms with van der Waals surface area (Å²) >= 11 is 1.80. The van der Waals surface area contributed by atoms with Gasteiger partial charge in [0.05, 0.1) is 13.2 Å². The third-order valence-corrected chi connectivity index (χ3v) is 2.81. The number of ether oxygens (including phenoxy) is 1. The second kappa shape index (κ2) is 6.76. The van der Waals surface area contributed by atoms with Crippen molar-refractivity contribution in [3.63, 3.8) is 0 Å². The second-order valence-corrected chi connectivity index (χ2v) is 4.21. The van der Waals surface area contributed by atoms with E-state index in [2.05, 4.69) is 31.0 Å². The summed E-state index contributed by atoms with van der Waals surface area (Å²) in [6.45, 7) is 9.02. The van der Waals surface area contributed by atoms with E-state index in [-0.39, 0.29) is 0 Å². The molecule has 0 aromatic carbocycles. The fraction of sp³-hybridized carbons (Fsp3) is 0.455. The maximum atomic E-state index is 5.36. The van der Waals surface area contributed by atoms with Crippen molar-refractivity contribution in [2.75, 3.05) is 13.2 Å². The summed E-state index contributed by atoms with van der Waals surface area (Å²) in [5.74, 6) is 0. The van der Waals surface area contributed by atoms with Crippen molar-refractivity contribution in [1.29, 1.82) is 0 Å². The zero-order chi connectivity index (χ0) is 10.2. The lowest BCUT2D eigenvalue weighted by Crippen LogP contribution is -2.10. The second-order valence-electron chi connectivity index (χ2n) is 2.95. The molecule has 0 saturated heterocycles. The molecule has 2 nitrogen and oxygen atoms in total. The highest BCUT2D eigenvalue weighted by Gasteiger charge is 1.98. The fourth-order valence-electron chi connectivity index (χ4n) is 1.09. The van der Waals surface area contributed by atoms with Crippen molar-refractivity contribution >= 4 is 11.3 Å². The third kappa shape index (κ3) is 4.05. The fourth-order valence-corrected chi connectivity index (χ4v) is 2.01. The van der Waals surface area contributed by atoms with E-state index in [1.807, 2.05) is 0 Å². The smallest absolute Gasteiger partial charge is 0.0813 e. The largest absolute Gasteiger partial charge is 0.372 e. The minimum atomic E-state index is 0.625. The predicted octanol–water partition coefficient (Wildman–Crippen LogP) is 2.56. The van der Waals surface area contributed by atoms with Crippen LogP contribution < -0.4 is 5.32 Å². The summed E-state index contributed by atoms with van der Waals surface area (Å²) in [5.41, 5.74) is 0. The van der Waals surface area contributed by atoms with Gasteiger partial charge in [-0.3, -0.25) is 0 Å². The number of hydrogen-bond donors (Lipinski definition) is 1. The minimum Gasteiger partial charge on any atom is -0.372 e. The molecule has 78 valence electrons. The first-order chi connectivity index (χ1) is 6.86. The average molecular weight is 211 g/mol. The minimum absolute atomic E-state index is 0.625. The van der Waals surface area contributed by atoms with Gasteiger partial charge in [-0.2, -0.15) is 0 Å². The molecule has 0 aliphatic carbocycles. The molecule has 0 atom stereocenters. The van der Waals surface area contributed by atoms with Crippen LogP contribution >= 0.6 is 11.3 Å². The number of rotatable bonds is 7. The van der Waals surface area contributed by atoms with Gasteiger partial charge in [-0.15, -0.1) is 17.9 Å². The van der Waals surface area contributed by atoms with Crippen LogP contribution in [-0.2, 0) is 17.9 Å². The number of hydrogen-bond acceptors (Lipinski definition) is 3. The van der Waals surface area contributed by atoms with E-state index in [1.165, 1.54) is 9.75 Å². The van der Waals surface area contributed by atoms with Crippen LogP contribution in [0.25, 0.3) is 0 Å².